The van der Waals surface area contributed by atoms with E-state index in [4.69, 9.17) is 0 Å². The number of allylic oxidation sites excluding steroid dienone is 2. The van der Waals surface area contributed by atoms with Gasteiger partial charge in [-0.15, -0.1) is 0 Å². The molecular formula is C12H5F11O. The first-order valence-electron chi connectivity index (χ1n) is 5.65. The van der Waals surface area contributed by atoms with Gasteiger partial charge in [-0.05, 0) is 12.1 Å². The summed E-state index contributed by atoms with van der Waals surface area (Å²) in [4.78, 5) is 0. The molecule has 0 bridgehead atoms. The van der Waals surface area contributed by atoms with Crippen LogP contribution in [0.2, 0.25) is 0 Å². The van der Waals surface area contributed by atoms with Crippen molar-refractivity contribution in [1.29, 1.82) is 0 Å². The van der Waals surface area contributed by atoms with Crippen LogP contribution < -0.4 is 4.74 Å². The highest BCUT2D eigenvalue weighted by Crippen LogP contribution is 2.49. The molecule has 24 heavy (non-hydrogen) atoms. The molecule has 0 amide bonds. The number of para-hydroxylation sites is 1. The summed E-state index contributed by atoms with van der Waals surface area (Å²) in [5, 5.41) is 0. The van der Waals surface area contributed by atoms with Gasteiger partial charge in [-0.1, -0.05) is 18.2 Å². The standard InChI is InChI=1S/C12H5F11O/c13-9(14,12(21,22)23)8(24-6-4-2-1-3-5-6)7(10(15,16)17)11(18,19)20/h1-5H. The SMILES string of the molecule is FC(F)(F)C(=C(Oc1ccccc1)C(F)(F)C(F)(F)F)C(F)(F)F. The third-order valence-corrected chi connectivity index (χ3v) is 2.40. The van der Waals surface area contributed by atoms with Gasteiger partial charge in [-0.2, -0.15) is 48.3 Å². The monoisotopic (exact) mass is 374 g/mol. The Morgan fingerprint density at radius 3 is 1.42 bits per heavy atom. The molecule has 0 N–H and O–H groups in total. The number of ether oxygens (including phenoxy) is 1. The van der Waals surface area contributed by atoms with Crippen molar-refractivity contribution in [2.45, 2.75) is 24.5 Å². The predicted molar refractivity (Wildman–Crippen MR) is 57.2 cm³/mol. The maximum Gasteiger partial charge on any atom is 0.461 e. The fraction of sp³-hybridized carbons (Fsp3) is 0.333. The first kappa shape index (κ1) is 20.0. The van der Waals surface area contributed by atoms with Crippen LogP contribution in [0.15, 0.2) is 41.7 Å². The lowest BCUT2D eigenvalue weighted by atomic mass is 10.1. The predicted octanol–water partition coefficient (Wildman–Crippen LogP) is 5.64. The molecule has 136 valence electrons. The van der Waals surface area contributed by atoms with Crippen molar-refractivity contribution in [1.82, 2.24) is 0 Å². The van der Waals surface area contributed by atoms with Crippen LogP contribution in [0.5, 0.6) is 5.75 Å². The van der Waals surface area contributed by atoms with E-state index >= 15 is 0 Å². The highest BCUT2D eigenvalue weighted by molar-refractivity contribution is 5.32. The number of benzene rings is 1. The van der Waals surface area contributed by atoms with Gasteiger partial charge in [0.05, 0.1) is 0 Å². The molecule has 0 heterocycles. The van der Waals surface area contributed by atoms with E-state index < -0.39 is 41.5 Å². The fourth-order valence-corrected chi connectivity index (χ4v) is 1.43. The van der Waals surface area contributed by atoms with Crippen molar-refractivity contribution >= 4 is 0 Å². The maximum absolute atomic E-state index is 13.3. The van der Waals surface area contributed by atoms with E-state index in [-0.39, 0.29) is 0 Å². The summed E-state index contributed by atoms with van der Waals surface area (Å²) in [5.74, 6) is -11.2. The van der Waals surface area contributed by atoms with Gasteiger partial charge < -0.3 is 4.74 Å². The first-order valence-corrected chi connectivity index (χ1v) is 5.65. The Kier molecular flexibility index (Phi) is 5.12. The number of halogens is 11. The molecule has 0 radical (unpaired) electrons. The molecule has 1 aromatic carbocycles. The summed E-state index contributed by atoms with van der Waals surface area (Å²) in [6.07, 6.45) is -19.9. The molecule has 0 spiro atoms. The zero-order chi connectivity index (χ0) is 19.0. The van der Waals surface area contributed by atoms with Gasteiger partial charge >= 0.3 is 24.5 Å². The Morgan fingerprint density at radius 2 is 1.08 bits per heavy atom. The zero-order valence-electron chi connectivity index (χ0n) is 11.0. The van der Waals surface area contributed by atoms with Gasteiger partial charge in [-0.25, -0.2) is 0 Å². The van der Waals surface area contributed by atoms with E-state index in [0.717, 1.165) is 12.1 Å². The fourth-order valence-electron chi connectivity index (χ4n) is 1.43. The molecule has 0 aliphatic heterocycles. The molecule has 1 rings (SSSR count). The van der Waals surface area contributed by atoms with Gasteiger partial charge in [0, 0.05) is 0 Å². The van der Waals surface area contributed by atoms with E-state index in [9.17, 15) is 48.3 Å². The second kappa shape index (κ2) is 6.13. The van der Waals surface area contributed by atoms with Gasteiger partial charge in [0.2, 0.25) is 5.76 Å². The zero-order valence-corrected chi connectivity index (χ0v) is 11.0. The third-order valence-electron chi connectivity index (χ3n) is 2.40. The van der Waals surface area contributed by atoms with Crippen molar-refractivity contribution in [2.75, 3.05) is 0 Å². The second-order valence-electron chi connectivity index (χ2n) is 4.19. The average Bonchev–Trinajstić information content (AvgIpc) is 2.34. The molecule has 0 aliphatic rings. The van der Waals surface area contributed by atoms with E-state index in [1.807, 2.05) is 0 Å². The third kappa shape index (κ3) is 4.29. The Morgan fingerprint density at radius 1 is 0.667 bits per heavy atom. The quantitative estimate of drug-likeness (QED) is 0.491. The van der Waals surface area contributed by atoms with Crippen molar-refractivity contribution < 1.29 is 53.0 Å². The van der Waals surface area contributed by atoms with Crippen molar-refractivity contribution in [3.63, 3.8) is 0 Å². The molecule has 1 aromatic rings. The van der Waals surface area contributed by atoms with Crippen LogP contribution in [-0.2, 0) is 0 Å². The lowest BCUT2D eigenvalue weighted by Gasteiger charge is -2.27. The largest absolute Gasteiger partial charge is 0.461 e. The first-order chi connectivity index (χ1) is 10.6. The van der Waals surface area contributed by atoms with Gasteiger partial charge in [0.1, 0.15) is 5.75 Å². The van der Waals surface area contributed by atoms with Crippen molar-refractivity contribution in [3.8, 4) is 5.75 Å². The summed E-state index contributed by atoms with van der Waals surface area (Å²) in [6.45, 7) is 0. The number of rotatable bonds is 3. The Balaban J connectivity index is 3.72. The Labute approximate surface area is 126 Å². The van der Waals surface area contributed by atoms with E-state index in [1.165, 1.54) is 6.07 Å². The van der Waals surface area contributed by atoms with Crippen LogP contribution in [0.1, 0.15) is 0 Å². The van der Waals surface area contributed by atoms with Crippen LogP contribution in [0.25, 0.3) is 0 Å². The minimum absolute atomic E-state index is 0.608. The maximum atomic E-state index is 13.3. The van der Waals surface area contributed by atoms with Crippen LogP contribution >= 0.6 is 0 Å². The number of hydrogen-bond acceptors (Lipinski definition) is 1. The molecule has 0 saturated carbocycles. The smallest absolute Gasteiger partial charge is 0.454 e. The second-order valence-corrected chi connectivity index (χ2v) is 4.19. The van der Waals surface area contributed by atoms with E-state index in [0.29, 0.717) is 12.1 Å². The normalized spacial score (nSPS) is 13.6. The molecular weight excluding hydrogens is 369 g/mol. The lowest BCUT2D eigenvalue weighted by Crippen LogP contribution is -2.44. The van der Waals surface area contributed by atoms with Crippen LogP contribution in [0.3, 0.4) is 0 Å². The molecule has 1 nitrogen and oxygen atoms in total. The lowest BCUT2D eigenvalue weighted by molar-refractivity contribution is -0.277. The number of alkyl halides is 11. The van der Waals surface area contributed by atoms with Crippen molar-refractivity contribution in [3.05, 3.63) is 41.7 Å². The summed E-state index contributed by atoms with van der Waals surface area (Å²) >= 11 is 0. The number of hydrogen-bond donors (Lipinski definition) is 0. The van der Waals surface area contributed by atoms with E-state index in [2.05, 4.69) is 4.74 Å². The summed E-state index contributed by atoms with van der Waals surface area (Å²) in [7, 11) is 0. The molecule has 0 unspecified atom stereocenters. The van der Waals surface area contributed by atoms with E-state index in [1.54, 1.807) is 0 Å². The molecule has 0 atom stereocenters. The van der Waals surface area contributed by atoms with Gasteiger partial charge in [-0.3, -0.25) is 0 Å². The minimum Gasteiger partial charge on any atom is -0.454 e. The van der Waals surface area contributed by atoms with Gasteiger partial charge in [0.25, 0.3) is 0 Å². The van der Waals surface area contributed by atoms with Crippen LogP contribution in [0.4, 0.5) is 48.3 Å². The van der Waals surface area contributed by atoms with Gasteiger partial charge in [0.15, 0.2) is 5.57 Å². The summed E-state index contributed by atoms with van der Waals surface area (Å²) in [6, 6.07) is 4.28. The highest BCUT2D eigenvalue weighted by Gasteiger charge is 2.68. The molecule has 12 heteroatoms. The molecule has 0 fully saturated rings. The Hall–Kier alpha value is -2.01. The summed E-state index contributed by atoms with van der Waals surface area (Å²) < 4.78 is 142. The topological polar surface area (TPSA) is 9.23 Å². The molecule has 0 aliphatic carbocycles. The van der Waals surface area contributed by atoms with Crippen molar-refractivity contribution in [2.24, 2.45) is 0 Å². The molecule has 0 saturated heterocycles. The highest BCUT2D eigenvalue weighted by atomic mass is 19.4. The summed E-state index contributed by atoms with van der Waals surface area (Å²) in [5.41, 5.74) is -4.08. The van der Waals surface area contributed by atoms with Crippen LogP contribution in [0, 0.1) is 0 Å². The van der Waals surface area contributed by atoms with Crippen LogP contribution in [-0.4, -0.2) is 24.5 Å². The average molecular weight is 374 g/mol. The Bertz CT molecular complexity index is 576. The minimum atomic E-state index is -6.75. The molecule has 0 aromatic heterocycles.